The Balaban J connectivity index is 2.81. The smallest absolute Gasteiger partial charge is 0.258 e. The third-order valence-corrected chi connectivity index (χ3v) is 1.68. The molecule has 0 N–H and O–H groups in total. The molecule has 0 aliphatic carbocycles. The van der Waals surface area contributed by atoms with Gasteiger partial charge in [-0.3, -0.25) is 10.1 Å². The summed E-state index contributed by atoms with van der Waals surface area (Å²) in [6.45, 7) is 0. The second kappa shape index (κ2) is 4.62. The molecule has 13 heavy (non-hydrogen) atoms. The SMILES string of the molecule is O=[N+]([O-])c1ccc(/C=C/CCl)cc1. The summed E-state index contributed by atoms with van der Waals surface area (Å²) in [5.74, 6) is 0.441. The van der Waals surface area contributed by atoms with Gasteiger partial charge < -0.3 is 0 Å². The lowest BCUT2D eigenvalue weighted by Gasteiger charge is -1.92. The van der Waals surface area contributed by atoms with Gasteiger partial charge >= 0.3 is 0 Å². The topological polar surface area (TPSA) is 43.1 Å². The first kappa shape index (κ1) is 9.74. The Morgan fingerprint density at radius 1 is 1.38 bits per heavy atom. The standard InChI is InChI=1S/C9H8ClNO2/c10-7-1-2-8-3-5-9(6-4-8)11(12)13/h1-6H,7H2/b2-1+. The van der Waals surface area contributed by atoms with Crippen LogP contribution >= 0.6 is 11.6 Å². The number of hydrogen-bond donors (Lipinski definition) is 0. The van der Waals surface area contributed by atoms with Crippen LogP contribution in [-0.2, 0) is 0 Å². The normalized spacial score (nSPS) is 10.5. The molecular weight excluding hydrogens is 190 g/mol. The minimum Gasteiger partial charge on any atom is -0.258 e. The average Bonchev–Trinajstić information content (AvgIpc) is 2.15. The van der Waals surface area contributed by atoms with Crippen LogP contribution in [0.3, 0.4) is 0 Å². The van der Waals surface area contributed by atoms with Gasteiger partial charge in [-0.2, -0.15) is 0 Å². The number of halogens is 1. The van der Waals surface area contributed by atoms with E-state index in [1.54, 1.807) is 18.2 Å². The molecule has 0 fully saturated rings. The fraction of sp³-hybridized carbons (Fsp3) is 0.111. The Hall–Kier alpha value is -1.35. The van der Waals surface area contributed by atoms with Gasteiger partial charge in [-0.25, -0.2) is 0 Å². The predicted octanol–water partition coefficient (Wildman–Crippen LogP) is 2.85. The maximum Gasteiger partial charge on any atom is 0.269 e. The Kier molecular flexibility index (Phi) is 3.46. The first-order valence-corrected chi connectivity index (χ1v) is 4.24. The van der Waals surface area contributed by atoms with Crippen LogP contribution in [0.15, 0.2) is 30.3 Å². The molecule has 68 valence electrons. The van der Waals surface area contributed by atoms with E-state index < -0.39 is 4.92 Å². The minimum atomic E-state index is -0.422. The fourth-order valence-electron chi connectivity index (χ4n) is 0.888. The van der Waals surface area contributed by atoms with Crippen molar-refractivity contribution in [3.63, 3.8) is 0 Å². The second-order valence-electron chi connectivity index (χ2n) is 2.41. The largest absolute Gasteiger partial charge is 0.269 e. The first-order valence-electron chi connectivity index (χ1n) is 3.71. The van der Waals surface area contributed by atoms with Gasteiger partial charge in [-0.05, 0) is 17.7 Å². The summed E-state index contributed by atoms with van der Waals surface area (Å²) in [5, 5.41) is 10.3. The van der Waals surface area contributed by atoms with Gasteiger partial charge in [0.15, 0.2) is 0 Å². The summed E-state index contributed by atoms with van der Waals surface area (Å²) < 4.78 is 0. The van der Waals surface area contributed by atoms with E-state index in [4.69, 9.17) is 11.6 Å². The molecule has 1 aromatic rings. The van der Waals surface area contributed by atoms with Crippen molar-refractivity contribution in [3.8, 4) is 0 Å². The summed E-state index contributed by atoms with van der Waals surface area (Å²) >= 11 is 5.44. The maximum atomic E-state index is 10.3. The molecule has 0 atom stereocenters. The van der Waals surface area contributed by atoms with Gasteiger partial charge in [-0.1, -0.05) is 12.2 Å². The minimum absolute atomic E-state index is 0.100. The van der Waals surface area contributed by atoms with Crippen LogP contribution in [0.25, 0.3) is 6.08 Å². The van der Waals surface area contributed by atoms with E-state index in [1.807, 2.05) is 6.08 Å². The van der Waals surface area contributed by atoms with Crippen LogP contribution in [0.4, 0.5) is 5.69 Å². The van der Waals surface area contributed by atoms with Crippen molar-refractivity contribution in [1.29, 1.82) is 0 Å². The van der Waals surface area contributed by atoms with Crippen molar-refractivity contribution in [2.75, 3.05) is 5.88 Å². The van der Waals surface area contributed by atoms with Gasteiger partial charge in [0.25, 0.3) is 5.69 Å². The zero-order valence-electron chi connectivity index (χ0n) is 6.81. The molecule has 0 amide bonds. The third-order valence-electron chi connectivity index (χ3n) is 1.50. The predicted molar refractivity (Wildman–Crippen MR) is 52.9 cm³/mol. The number of nitrogens with zero attached hydrogens (tertiary/aromatic N) is 1. The number of nitro benzene ring substituents is 1. The van der Waals surface area contributed by atoms with Crippen LogP contribution < -0.4 is 0 Å². The monoisotopic (exact) mass is 197 g/mol. The zero-order chi connectivity index (χ0) is 9.68. The van der Waals surface area contributed by atoms with E-state index in [-0.39, 0.29) is 5.69 Å². The molecule has 0 aliphatic rings. The summed E-state index contributed by atoms with van der Waals surface area (Å²) in [6, 6.07) is 6.30. The number of benzene rings is 1. The number of nitro groups is 1. The van der Waals surface area contributed by atoms with Crippen LogP contribution in [0, 0.1) is 10.1 Å². The average molecular weight is 198 g/mol. The molecule has 0 saturated carbocycles. The molecule has 0 saturated heterocycles. The highest BCUT2D eigenvalue weighted by atomic mass is 35.5. The molecule has 0 bridgehead atoms. The molecule has 3 nitrogen and oxygen atoms in total. The Bertz CT molecular complexity index is 319. The molecule has 0 unspecified atom stereocenters. The Morgan fingerprint density at radius 3 is 2.46 bits per heavy atom. The van der Waals surface area contributed by atoms with E-state index in [9.17, 15) is 10.1 Å². The first-order chi connectivity index (χ1) is 6.24. The number of hydrogen-bond acceptors (Lipinski definition) is 2. The van der Waals surface area contributed by atoms with Gasteiger partial charge in [0.05, 0.1) is 4.92 Å². The molecule has 0 spiro atoms. The van der Waals surface area contributed by atoms with Crippen molar-refractivity contribution < 1.29 is 4.92 Å². The van der Waals surface area contributed by atoms with Gasteiger partial charge in [0.1, 0.15) is 0 Å². The van der Waals surface area contributed by atoms with E-state index in [2.05, 4.69) is 0 Å². The summed E-state index contributed by atoms with van der Waals surface area (Å²) in [4.78, 5) is 9.87. The number of allylic oxidation sites excluding steroid dienone is 1. The Labute approximate surface area is 80.8 Å². The number of alkyl halides is 1. The summed E-state index contributed by atoms with van der Waals surface area (Å²) in [7, 11) is 0. The van der Waals surface area contributed by atoms with Crippen LogP contribution in [0.1, 0.15) is 5.56 Å². The quantitative estimate of drug-likeness (QED) is 0.425. The molecule has 0 aliphatic heterocycles. The molecular formula is C9H8ClNO2. The van der Waals surface area contributed by atoms with Crippen molar-refractivity contribution in [3.05, 3.63) is 46.0 Å². The van der Waals surface area contributed by atoms with Crippen molar-refractivity contribution in [2.45, 2.75) is 0 Å². The Morgan fingerprint density at radius 2 is 2.00 bits per heavy atom. The van der Waals surface area contributed by atoms with Crippen molar-refractivity contribution in [2.24, 2.45) is 0 Å². The lowest BCUT2D eigenvalue weighted by atomic mass is 10.2. The number of non-ortho nitro benzene ring substituents is 1. The van der Waals surface area contributed by atoms with Gasteiger partial charge in [0, 0.05) is 18.0 Å². The lowest BCUT2D eigenvalue weighted by Crippen LogP contribution is -1.86. The number of rotatable bonds is 3. The zero-order valence-corrected chi connectivity index (χ0v) is 7.57. The lowest BCUT2D eigenvalue weighted by molar-refractivity contribution is -0.384. The van der Waals surface area contributed by atoms with Gasteiger partial charge in [-0.15, -0.1) is 11.6 Å². The van der Waals surface area contributed by atoms with E-state index >= 15 is 0 Å². The molecule has 0 aromatic heterocycles. The summed E-state index contributed by atoms with van der Waals surface area (Å²) in [5.41, 5.74) is 1.01. The highest BCUT2D eigenvalue weighted by molar-refractivity contribution is 6.19. The van der Waals surface area contributed by atoms with Crippen LogP contribution in [0.2, 0.25) is 0 Å². The maximum absolute atomic E-state index is 10.3. The molecule has 1 aromatic carbocycles. The van der Waals surface area contributed by atoms with E-state index in [0.29, 0.717) is 5.88 Å². The van der Waals surface area contributed by atoms with Crippen molar-refractivity contribution >= 4 is 23.4 Å². The van der Waals surface area contributed by atoms with E-state index in [0.717, 1.165) is 5.56 Å². The highest BCUT2D eigenvalue weighted by Gasteiger charge is 2.01. The van der Waals surface area contributed by atoms with Crippen LogP contribution in [0.5, 0.6) is 0 Å². The third kappa shape index (κ3) is 2.87. The van der Waals surface area contributed by atoms with E-state index in [1.165, 1.54) is 12.1 Å². The van der Waals surface area contributed by atoms with Crippen LogP contribution in [-0.4, -0.2) is 10.8 Å². The molecule has 4 heteroatoms. The van der Waals surface area contributed by atoms with Crippen molar-refractivity contribution in [1.82, 2.24) is 0 Å². The van der Waals surface area contributed by atoms with Gasteiger partial charge in [0.2, 0.25) is 0 Å². The second-order valence-corrected chi connectivity index (χ2v) is 2.71. The molecule has 0 radical (unpaired) electrons. The fourth-order valence-corrected chi connectivity index (χ4v) is 0.977. The molecule has 0 heterocycles. The molecule has 1 rings (SSSR count). The highest BCUT2D eigenvalue weighted by Crippen LogP contribution is 2.12. The summed E-state index contributed by atoms with van der Waals surface area (Å²) in [6.07, 6.45) is 3.60.